The third kappa shape index (κ3) is 2.49. The van der Waals surface area contributed by atoms with Crippen molar-refractivity contribution in [1.29, 1.82) is 0 Å². The molecule has 0 atom stereocenters. The third-order valence-electron chi connectivity index (χ3n) is 2.78. The fourth-order valence-corrected chi connectivity index (χ4v) is 1.88. The van der Waals surface area contributed by atoms with E-state index in [1.165, 1.54) is 11.8 Å². The first-order valence-corrected chi connectivity index (χ1v) is 5.69. The van der Waals surface area contributed by atoms with Crippen molar-refractivity contribution in [3.63, 3.8) is 0 Å². The first-order chi connectivity index (χ1) is 9.17. The minimum Gasteiger partial charge on any atom is -0.496 e. The second-order valence-electron chi connectivity index (χ2n) is 3.91. The van der Waals surface area contributed by atoms with Gasteiger partial charge in [-0.1, -0.05) is 22.9 Å². The number of ether oxygens (including phenoxy) is 2. The van der Waals surface area contributed by atoms with Gasteiger partial charge in [0.1, 0.15) is 5.75 Å². The number of aromatic nitrogens is 1. The van der Waals surface area contributed by atoms with E-state index in [2.05, 4.69) is 0 Å². The number of para-hydroxylation sites is 1. The van der Waals surface area contributed by atoms with Crippen LogP contribution in [0, 0.1) is 0 Å². The van der Waals surface area contributed by atoms with E-state index in [1.807, 2.05) is 24.3 Å². The van der Waals surface area contributed by atoms with E-state index in [1.54, 1.807) is 25.6 Å². The predicted octanol–water partition coefficient (Wildman–Crippen LogP) is 1.15. The fourth-order valence-electron chi connectivity index (χ4n) is 1.88. The number of rotatable bonds is 3. The lowest BCUT2D eigenvalue weighted by Gasteiger charge is -2.09. The highest BCUT2D eigenvalue weighted by atomic mass is 16.5. The van der Waals surface area contributed by atoms with E-state index < -0.39 is 5.97 Å². The number of pyridine rings is 1. The number of nitrogens with zero attached hydrogens (tertiary/aromatic N) is 1. The Bertz CT molecular complexity index is 611. The maximum atomic E-state index is 11.8. The summed E-state index contributed by atoms with van der Waals surface area (Å²) in [5.74, 6) is 5.97. The Hall–Kier alpha value is -2.56. The Morgan fingerprint density at radius 2 is 1.89 bits per heavy atom. The number of hydrogen-bond acceptors (Lipinski definition) is 4. The van der Waals surface area contributed by atoms with Gasteiger partial charge < -0.3 is 9.47 Å². The summed E-state index contributed by atoms with van der Waals surface area (Å²) in [6, 6.07) is 9.03. The van der Waals surface area contributed by atoms with E-state index in [-0.39, 0.29) is 0 Å². The average molecular weight is 259 g/mol. The van der Waals surface area contributed by atoms with Crippen LogP contribution in [0.3, 0.4) is 0 Å². The second kappa shape index (κ2) is 5.39. The molecule has 0 saturated heterocycles. The van der Waals surface area contributed by atoms with Gasteiger partial charge in [-0.05, 0) is 6.07 Å². The molecule has 0 saturated carbocycles. The summed E-state index contributed by atoms with van der Waals surface area (Å²) < 4.78 is 11.5. The summed E-state index contributed by atoms with van der Waals surface area (Å²) in [5, 5.41) is 0. The van der Waals surface area contributed by atoms with Gasteiger partial charge in [0.25, 0.3) is 0 Å². The van der Waals surface area contributed by atoms with Gasteiger partial charge in [0.2, 0.25) is 6.20 Å². The van der Waals surface area contributed by atoms with Crippen molar-refractivity contribution >= 4 is 5.97 Å². The molecule has 2 aromatic rings. The molecule has 0 unspecified atom stereocenters. The standard InChI is InChI=1S/C14H14N2O3/c1-18-13-6-4-3-5-10(13)12-9-16(15)8-7-11(12)14(17)19-2/h3-9H,1-2H3,(H-,15,17)/p+1. The van der Waals surface area contributed by atoms with Gasteiger partial charge in [0.05, 0.1) is 25.3 Å². The van der Waals surface area contributed by atoms with Gasteiger partial charge in [-0.2, -0.15) is 0 Å². The minimum atomic E-state index is -0.415. The first kappa shape index (κ1) is 12.9. The van der Waals surface area contributed by atoms with Gasteiger partial charge in [-0.3, -0.25) is 0 Å². The monoisotopic (exact) mass is 259 g/mol. The number of benzene rings is 1. The Kier molecular flexibility index (Phi) is 3.66. The summed E-state index contributed by atoms with van der Waals surface area (Å²) in [6.07, 6.45) is 3.25. The fraction of sp³-hybridized carbons (Fsp3) is 0.143. The Labute approximate surface area is 111 Å². The zero-order valence-corrected chi connectivity index (χ0v) is 10.8. The lowest BCUT2D eigenvalue weighted by molar-refractivity contribution is -0.638. The van der Waals surface area contributed by atoms with Crippen molar-refractivity contribution in [2.75, 3.05) is 20.1 Å². The lowest BCUT2D eigenvalue weighted by Crippen LogP contribution is -2.43. The number of esters is 1. The number of nitrogen functional groups attached to an aromatic ring is 1. The molecule has 0 radical (unpaired) electrons. The number of carbonyl (C=O) groups excluding carboxylic acids is 1. The maximum absolute atomic E-state index is 11.8. The predicted molar refractivity (Wildman–Crippen MR) is 70.1 cm³/mol. The van der Waals surface area contributed by atoms with Crippen LogP contribution in [0.5, 0.6) is 5.75 Å². The van der Waals surface area contributed by atoms with E-state index in [0.29, 0.717) is 16.9 Å². The first-order valence-electron chi connectivity index (χ1n) is 5.69. The number of carbonyl (C=O) groups is 1. The SMILES string of the molecule is COC(=O)c1cc[n+](N)cc1-c1ccccc1OC. The third-order valence-corrected chi connectivity index (χ3v) is 2.78. The molecule has 0 aliphatic carbocycles. The van der Waals surface area contributed by atoms with Crippen LogP contribution in [0.15, 0.2) is 42.7 Å². The van der Waals surface area contributed by atoms with Crippen molar-refractivity contribution in [2.24, 2.45) is 0 Å². The van der Waals surface area contributed by atoms with Crippen molar-refractivity contribution in [3.05, 3.63) is 48.3 Å². The number of nitrogens with two attached hydrogens (primary N) is 1. The maximum Gasteiger partial charge on any atom is 0.338 e. The molecule has 2 N–H and O–H groups in total. The highest BCUT2D eigenvalue weighted by molar-refractivity contribution is 5.97. The molecule has 0 aliphatic heterocycles. The van der Waals surface area contributed by atoms with E-state index >= 15 is 0 Å². The molecular weight excluding hydrogens is 244 g/mol. The molecule has 0 fully saturated rings. The van der Waals surface area contributed by atoms with Crippen LogP contribution >= 0.6 is 0 Å². The molecule has 0 spiro atoms. The van der Waals surface area contributed by atoms with Crippen LogP contribution in [-0.2, 0) is 4.74 Å². The number of methoxy groups -OCH3 is 2. The van der Waals surface area contributed by atoms with E-state index in [4.69, 9.17) is 15.3 Å². The van der Waals surface area contributed by atoms with E-state index in [0.717, 1.165) is 5.56 Å². The molecule has 0 amide bonds. The summed E-state index contributed by atoms with van der Waals surface area (Å²) in [4.78, 5) is 11.8. The summed E-state index contributed by atoms with van der Waals surface area (Å²) in [6.45, 7) is 0. The molecule has 1 heterocycles. The summed E-state index contributed by atoms with van der Waals surface area (Å²) >= 11 is 0. The van der Waals surface area contributed by atoms with Gasteiger partial charge in [0, 0.05) is 11.6 Å². The van der Waals surface area contributed by atoms with Crippen LogP contribution in [0.1, 0.15) is 10.4 Å². The molecule has 5 heteroatoms. The van der Waals surface area contributed by atoms with Crippen molar-refractivity contribution < 1.29 is 18.9 Å². The van der Waals surface area contributed by atoms with Crippen LogP contribution in [-0.4, -0.2) is 20.2 Å². The van der Waals surface area contributed by atoms with Crippen LogP contribution < -0.4 is 15.3 Å². The lowest BCUT2D eigenvalue weighted by atomic mass is 10.0. The quantitative estimate of drug-likeness (QED) is 0.510. The molecule has 0 aliphatic rings. The molecular formula is C14H15N2O3+. The highest BCUT2D eigenvalue weighted by Gasteiger charge is 2.19. The Morgan fingerprint density at radius 3 is 2.58 bits per heavy atom. The summed E-state index contributed by atoms with van der Waals surface area (Å²) in [5.41, 5.74) is 1.88. The average Bonchev–Trinajstić information content (AvgIpc) is 2.46. The van der Waals surface area contributed by atoms with Crippen LogP contribution in [0.4, 0.5) is 0 Å². The zero-order valence-electron chi connectivity index (χ0n) is 10.8. The van der Waals surface area contributed by atoms with Crippen LogP contribution in [0.2, 0.25) is 0 Å². The van der Waals surface area contributed by atoms with Gasteiger partial charge in [0.15, 0.2) is 6.20 Å². The number of hydrogen-bond donors (Lipinski definition) is 1. The summed E-state index contributed by atoms with van der Waals surface area (Å²) in [7, 11) is 2.92. The zero-order chi connectivity index (χ0) is 13.8. The largest absolute Gasteiger partial charge is 0.496 e. The van der Waals surface area contributed by atoms with Crippen molar-refractivity contribution in [2.45, 2.75) is 0 Å². The minimum absolute atomic E-state index is 0.415. The molecule has 98 valence electrons. The second-order valence-corrected chi connectivity index (χ2v) is 3.91. The topological polar surface area (TPSA) is 65.4 Å². The molecule has 5 nitrogen and oxygen atoms in total. The van der Waals surface area contributed by atoms with Crippen molar-refractivity contribution in [3.8, 4) is 16.9 Å². The van der Waals surface area contributed by atoms with Gasteiger partial charge >= 0.3 is 5.97 Å². The molecule has 2 rings (SSSR count). The highest BCUT2D eigenvalue weighted by Crippen LogP contribution is 2.31. The van der Waals surface area contributed by atoms with Crippen LogP contribution in [0.25, 0.3) is 11.1 Å². The van der Waals surface area contributed by atoms with Gasteiger partial charge in [-0.25, -0.2) is 10.6 Å². The Morgan fingerprint density at radius 1 is 1.16 bits per heavy atom. The smallest absolute Gasteiger partial charge is 0.338 e. The molecule has 1 aromatic carbocycles. The molecule has 19 heavy (non-hydrogen) atoms. The molecule has 0 bridgehead atoms. The normalized spacial score (nSPS) is 10.0. The van der Waals surface area contributed by atoms with Crippen molar-refractivity contribution in [1.82, 2.24) is 0 Å². The molecule has 1 aromatic heterocycles. The van der Waals surface area contributed by atoms with Gasteiger partial charge in [-0.15, -0.1) is 0 Å². The Balaban J connectivity index is 2.66. The van der Waals surface area contributed by atoms with E-state index in [9.17, 15) is 4.79 Å².